The predicted molar refractivity (Wildman–Crippen MR) is 73.2 cm³/mol. The van der Waals surface area contributed by atoms with Gasteiger partial charge in [0, 0.05) is 10.9 Å². The van der Waals surface area contributed by atoms with Crippen LogP contribution in [0.2, 0.25) is 0 Å². The summed E-state index contributed by atoms with van der Waals surface area (Å²) in [4.78, 5) is 15.9. The first-order chi connectivity index (χ1) is 9.83. The van der Waals surface area contributed by atoms with Crippen LogP contribution in [0, 0.1) is 0 Å². The number of hydrogen-bond donors (Lipinski definition) is 0. The van der Waals surface area contributed by atoms with Gasteiger partial charge in [0.25, 0.3) is 5.89 Å². The molecule has 0 N–H and O–H groups in total. The number of thiophene rings is 1. The minimum absolute atomic E-state index is 0.0368. The van der Waals surface area contributed by atoms with Crippen molar-refractivity contribution in [2.45, 2.75) is 6.61 Å². The van der Waals surface area contributed by atoms with Crippen molar-refractivity contribution in [3.63, 3.8) is 0 Å². The third kappa shape index (κ3) is 2.75. The van der Waals surface area contributed by atoms with E-state index in [0.717, 1.165) is 5.56 Å². The monoisotopic (exact) mass is 286 g/mol. The SMILES string of the molecule is O=C(OCc1nc(-c2ccsc2)no1)c1ccccc1. The summed E-state index contributed by atoms with van der Waals surface area (Å²) < 4.78 is 10.2. The molecule has 0 spiro atoms. The Labute approximate surface area is 118 Å². The summed E-state index contributed by atoms with van der Waals surface area (Å²) in [6.45, 7) is -0.0368. The Morgan fingerprint density at radius 1 is 1.25 bits per heavy atom. The molecule has 100 valence electrons. The number of aromatic nitrogens is 2. The van der Waals surface area contributed by atoms with Gasteiger partial charge >= 0.3 is 5.97 Å². The molecule has 1 aromatic carbocycles. The molecule has 3 aromatic rings. The second kappa shape index (κ2) is 5.66. The van der Waals surface area contributed by atoms with E-state index in [-0.39, 0.29) is 12.5 Å². The van der Waals surface area contributed by atoms with E-state index in [1.54, 1.807) is 35.6 Å². The third-order valence-electron chi connectivity index (χ3n) is 2.58. The Hall–Kier alpha value is -2.47. The lowest BCUT2D eigenvalue weighted by Crippen LogP contribution is -2.05. The average Bonchev–Trinajstić information content (AvgIpc) is 3.16. The first kappa shape index (κ1) is 12.6. The van der Waals surface area contributed by atoms with Gasteiger partial charge in [-0.15, -0.1) is 0 Å². The summed E-state index contributed by atoms with van der Waals surface area (Å²) in [7, 11) is 0. The molecule has 2 heterocycles. The van der Waals surface area contributed by atoms with E-state index >= 15 is 0 Å². The molecule has 6 heteroatoms. The van der Waals surface area contributed by atoms with Gasteiger partial charge in [0.2, 0.25) is 5.82 Å². The summed E-state index contributed by atoms with van der Waals surface area (Å²) in [5.74, 6) is 0.355. The minimum Gasteiger partial charge on any atom is -0.452 e. The van der Waals surface area contributed by atoms with Crippen molar-refractivity contribution < 1.29 is 14.1 Å². The molecule has 0 amide bonds. The summed E-state index contributed by atoms with van der Waals surface area (Å²) in [6.07, 6.45) is 0. The summed E-state index contributed by atoms with van der Waals surface area (Å²) in [5.41, 5.74) is 1.38. The van der Waals surface area contributed by atoms with Crippen LogP contribution < -0.4 is 0 Å². The van der Waals surface area contributed by atoms with Crippen molar-refractivity contribution in [2.24, 2.45) is 0 Å². The molecule has 0 aliphatic heterocycles. The van der Waals surface area contributed by atoms with Crippen molar-refractivity contribution in [1.82, 2.24) is 10.1 Å². The lowest BCUT2D eigenvalue weighted by molar-refractivity contribution is 0.0430. The Kier molecular flexibility index (Phi) is 3.56. The van der Waals surface area contributed by atoms with Crippen LogP contribution in [0.4, 0.5) is 0 Å². The molecule has 5 nitrogen and oxygen atoms in total. The second-order valence-electron chi connectivity index (χ2n) is 3.97. The molecule has 20 heavy (non-hydrogen) atoms. The lowest BCUT2D eigenvalue weighted by atomic mass is 10.2. The fourth-order valence-electron chi connectivity index (χ4n) is 1.61. The largest absolute Gasteiger partial charge is 0.452 e. The zero-order chi connectivity index (χ0) is 13.8. The first-order valence-corrected chi connectivity index (χ1v) is 6.84. The zero-order valence-electron chi connectivity index (χ0n) is 10.4. The Balaban J connectivity index is 1.63. The molecular formula is C14H10N2O3S. The van der Waals surface area contributed by atoms with Crippen LogP contribution in [0.1, 0.15) is 16.2 Å². The van der Waals surface area contributed by atoms with E-state index in [1.165, 1.54) is 0 Å². The fraction of sp³-hybridized carbons (Fsp3) is 0.0714. The van der Waals surface area contributed by atoms with Crippen LogP contribution in [-0.4, -0.2) is 16.1 Å². The second-order valence-corrected chi connectivity index (χ2v) is 4.75. The van der Waals surface area contributed by atoms with Crippen LogP contribution in [0.15, 0.2) is 51.7 Å². The van der Waals surface area contributed by atoms with Crippen LogP contribution >= 0.6 is 11.3 Å². The molecule has 0 saturated heterocycles. The Bertz CT molecular complexity index is 692. The van der Waals surface area contributed by atoms with Gasteiger partial charge in [-0.2, -0.15) is 16.3 Å². The van der Waals surface area contributed by atoms with Gasteiger partial charge < -0.3 is 9.26 Å². The molecule has 2 aromatic heterocycles. The maximum Gasteiger partial charge on any atom is 0.338 e. The highest BCUT2D eigenvalue weighted by molar-refractivity contribution is 7.08. The fourth-order valence-corrected chi connectivity index (χ4v) is 2.24. The summed E-state index contributed by atoms with van der Waals surface area (Å²) >= 11 is 1.55. The van der Waals surface area contributed by atoms with Crippen molar-refractivity contribution in [2.75, 3.05) is 0 Å². The van der Waals surface area contributed by atoms with E-state index in [4.69, 9.17) is 9.26 Å². The molecule has 0 atom stereocenters. The summed E-state index contributed by atoms with van der Waals surface area (Å²) in [5, 5.41) is 7.69. The molecule has 0 bridgehead atoms. The number of hydrogen-bond acceptors (Lipinski definition) is 6. The average molecular weight is 286 g/mol. The van der Waals surface area contributed by atoms with E-state index in [1.807, 2.05) is 22.9 Å². The standard InChI is InChI=1S/C14H10N2O3S/c17-14(10-4-2-1-3-5-10)18-8-12-15-13(16-19-12)11-6-7-20-9-11/h1-7,9H,8H2. The molecule has 0 saturated carbocycles. The number of carbonyl (C=O) groups excluding carboxylic acids is 1. The maximum absolute atomic E-state index is 11.7. The van der Waals surface area contributed by atoms with Crippen molar-refractivity contribution in [3.05, 3.63) is 58.6 Å². The highest BCUT2D eigenvalue weighted by atomic mass is 32.1. The quantitative estimate of drug-likeness (QED) is 0.689. The lowest BCUT2D eigenvalue weighted by Gasteiger charge is -2.00. The number of benzene rings is 1. The van der Waals surface area contributed by atoms with Gasteiger partial charge in [-0.3, -0.25) is 0 Å². The number of nitrogens with zero attached hydrogens (tertiary/aromatic N) is 2. The van der Waals surface area contributed by atoms with Gasteiger partial charge in [0.15, 0.2) is 6.61 Å². The predicted octanol–water partition coefficient (Wildman–Crippen LogP) is 3.16. The Morgan fingerprint density at radius 2 is 2.10 bits per heavy atom. The minimum atomic E-state index is -0.416. The Morgan fingerprint density at radius 3 is 2.85 bits per heavy atom. The van der Waals surface area contributed by atoms with Crippen LogP contribution in [0.25, 0.3) is 11.4 Å². The molecule has 0 aliphatic rings. The number of esters is 1. The van der Waals surface area contributed by atoms with Crippen molar-refractivity contribution in [1.29, 1.82) is 0 Å². The van der Waals surface area contributed by atoms with Crippen LogP contribution in [0.5, 0.6) is 0 Å². The number of carbonyl (C=O) groups is 1. The normalized spacial score (nSPS) is 10.4. The first-order valence-electron chi connectivity index (χ1n) is 5.90. The number of rotatable bonds is 4. The summed E-state index contributed by atoms with van der Waals surface area (Å²) in [6, 6.07) is 10.7. The van der Waals surface area contributed by atoms with E-state index in [2.05, 4.69) is 10.1 Å². The molecule has 0 radical (unpaired) electrons. The smallest absolute Gasteiger partial charge is 0.338 e. The van der Waals surface area contributed by atoms with Gasteiger partial charge in [-0.05, 0) is 23.6 Å². The highest BCUT2D eigenvalue weighted by Gasteiger charge is 2.12. The third-order valence-corrected chi connectivity index (χ3v) is 3.27. The van der Waals surface area contributed by atoms with Crippen LogP contribution in [0.3, 0.4) is 0 Å². The van der Waals surface area contributed by atoms with Gasteiger partial charge in [-0.1, -0.05) is 23.4 Å². The van der Waals surface area contributed by atoms with Gasteiger partial charge in [0.05, 0.1) is 5.56 Å². The van der Waals surface area contributed by atoms with Crippen molar-refractivity contribution >= 4 is 17.3 Å². The molecule has 0 unspecified atom stereocenters. The maximum atomic E-state index is 11.7. The topological polar surface area (TPSA) is 65.2 Å². The molecule has 0 fully saturated rings. The van der Waals surface area contributed by atoms with Gasteiger partial charge in [-0.25, -0.2) is 4.79 Å². The van der Waals surface area contributed by atoms with Crippen molar-refractivity contribution in [3.8, 4) is 11.4 Å². The molecule has 3 rings (SSSR count). The highest BCUT2D eigenvalue weighted by Crippen LogP contribution is 2.18. The zero-order valence-corrected chi connectivity index (χ0v) is 11.2. The molecular weight excluding hydrogens is 276 g/mol. The van der Waals surface area contributed by atoms with E-state index in [9.17, 15) is 4.79 Å². The molecule has 0 aliphatic carbocycles. The van der Waals surface area contributed by atoms with E-state index in [0.29, 0.717) is 11.4 Å². The van der Waals surface area contributed by atoms with E-state index < -0.39 is 5.97 Å². The van der Waals surface area contributed by atoms with Crippen LogP contribution in [-0.2, 0) is 11.3 Å². The van der Waals surface area contributed by atoms with Gasteiger partial charge in [0.1, 0.15) is 0 Å². The number of ether oxygens (including phenoxy) is 1.